The molecule has 0 radical (unpaired) electrons. The molecule has 0 aromatic heterocycles. The Morgan fingerprint density at radius 3 is 2.31 bits per heavy atom. The summed E-state index contributed by atoms with van der Waals surface area (Å²) in [7, 11) is -2.13. The second-order valence-electron chi connectivity index (χ2n) is 7.32. The summed E-state index contributed by atoms with van der Waals surface area (Å²) in [5.74, 6) is -0.0704. The topological polar surface area (TPSA) is 57.7 Å². The van der Waals surface area contributed by atoms with Crippen molar-refractivity contribution in [2.75, 3.05) is 26.4 Å². The molecule has 2 aromatic rings. The fraction of sp³-hybridized carbons (Fsp3) is 0.409. The Balaban J connectivity index is 1.89. The zero-order chi connectivity index (χ0) is 20.9. The molecular weight excluding hydrogens is 404 g/mol. The van der Waals surface area contributed by atoms with E-state index >= 15 is 0 Å². The van der Waals surface area contributed by atoms with Gasteiger partial charge in [-0.3, -0.25) is 4.79 Å². The molecule has 3 rings (SSSR count). The van der Waals surface area contributed by atoms with Crippen LogP contribution in [0.3, 0.4) is 0 Å². The van der Waals surface area contributed by atoms with Crippen LogP contribution in [0.4, 0.5) is 0 Å². The summed E-state index contributed by atoms with van der Waals surface area (Å²) in [6, 6.07) is 14.4. The summed E-state index contributed by atoms with van der Waals surface area (Å²) >= 11 is 1.47. The van der Waals surface area contributed by atoms with Gasteiger partial charge in [0.25, 0.3) is 5.91 Å². The second-order valence-corrected chi connectivity index (χ2v) is 10.2. The molecule has 0 atom stereocenters. The molecule has 29 heavy (non-hydrogen) atoms. The highest BCUT2D eigenvalue weighted by Crippen LogP contribution is 2.27. The van der Waals surface area contributed by atoms with E-state index in [1.54, 1.807) is 25.2 Å². The molecule has 0 unspecified atom stereocenters. The summed E-state index contributed by atoms with van der Waals surface area (Å²) in [5, 5.41) is 0. The summed E-state index contributed by atoms with van der Waals surface area (Å²) in [6.45, 7) is 1.75. The van der Waals surface area contributed by atoms with Gasteiger partial charge in [0.05, 0.1) is 10.5 Å². The molecule has 156 valence electrons. The molecule has 0 bridgehead atoms. The van der Waals surface area contributed by atoms with E-state index in [1.165, 1.54) is 16.1 Å². The highest BCUT2D eigenvalue weighted by Gasteiger charge is 2.25. The predicted molar refractivity (Wildman–Crippen MR) is 118 cm³/mol. The summed E-state index contributed by atoms with van der Waals surface area (Å²) in [4.78, 5) is 16.0. The van der Waals surface area contributed by atoms with E-state index in [-0.39, 0.29) is 17.3 Å². The number of benzene rings is 2. The van der Waals surface area contributed by atoms with E-state index in [0.29, 0.717) is 5.56 Å². The first kappa shape index (κ1) is 21.9. The number of amides is 1. The lowest BCUT2D eigenvalue weighted by Crippen LogP contribution is -2.32. The van der Waals surface area contributed by atoms with Crippen molar-refractivity contribution in [3.05, 3.63) is 59.7 Å². The van der Waals surface area contributed by atoms with Gasteiger partial charge in [-0.25, -0.2) is 8.42 Å². The Bertz CT molecular complexity index is 938. The molecule has 1 aliphatic rings. The molecule has 1 heterocycles. The molecule has 0 spiro atoms. The first-order valence-electron chi connectivity index (χ1n) is 9.91. The van der Waals surface area contributed by atoms with Gasteiger partial charge < -0.3 is 4.90 Å². The number of carbonyl (C=O) groups excluding carboxylic acids is 1. The number of hydrogen-bond donors (Lipinski definition) is 0. The lowest BCUT2D eigenvalue weighted by Gasteiger charge is -2.23. The SMILES string of the molecule is CSc1ccc(S(=O)(=O)N(C)Cc2ccccc2)cc1C(=O)N1CCCCCC1. The largest absolute Gasteiger partial charge is 0.339 e. The van der Waals surface area contributed by atoms with Gasteiger partial charge in [-0.05, 0) is 42.9 Å². The molecule has 1 amide bonds. The zero-order valence-electron chi connectivity index (χ0n) is 17.0. The molecule has 7 heteroatoms. The number of carbonyl (C=O) groups is 1. The molecule has 1 fully saturated rings. The number of nitrogens with zero attached hydrogens (tertiary/aromatic N) is 2. The van der Waals surface area contributed by atoms with Crippen LogP contribution in [0.5, 0.6) is 0 Å². The van der Waals surface area contributed by atoms with Crippen molar-refractivity contribution >= 4 is 27.7 Å². The van der Waals surface area contributed by atoms with Crippen molar-refractivity contribution in [2.45, 2.75) is 42.0 Å². The monoisotopic (exact) mass is 432 g/mol. The van der Waals surface area contributed by atoms with Crippen LogP contribution in [-0.2, 0) is 16.6 Å². The van der Waals surface area contributed by atoms with Crippen LogP contribution < -0.4 is 0 Å². The van der Waals surface area contributed by atoms with Gasteiger partial charge >= 0.3 is 0 Å². The van der Waals surface area contributed by atoms with E-state index in [4.69, 9.17) is 0 Å². The van der Waals surface area contributed by atoms with Crippen LogP contribution in [0.2, 0.25) is 0 Å². The fourth-order valence-electron chi connectivity index (χ4n) is 3.56. The van der Waals surface area contributed by atoms with Crippen molar-refractivity contribution < 1.29 is 13.2 Å². The van der Waals surface area contributed by atoms with Crippen molar-refractivity contribution in [1.82, 2.24) is 9.21 Å². The smallest absolute Gasteiger partial charge is 0.255 e. The number of likely N-dealkylation sites (tertiary alicyclic amines) is 1. The Kier molecular flexibility index (Phi) is 7.38. The fourth-order valence-corrected chi connectivity index (χ4v) is 5.32. The van der Waals surface area contributed by atoms with Crippen molar-refractivity contribution in [2.24, 2.45) is 0 Å². The quantitative estimate of drug-likeness (QED) is 0.641. The number of sulfonamides is 1. The first-order chi connectivity index (χ1) is 13.9. The van der Waals surface area contributed by atoms with Crippen molar-refractivity contribution in [3.63, 3.8) is 0 Å². The van der Waals surface area contributed by atoms with Gasteiger partial charge in [-0.1, -0.05) is 43.2 Å². The third kappa shape index (κ3) is 5.21. The van der Waals surface area contributed by atoms with Gasteiger partial charge in [-0.2, -0.15) is 4.31 Å². The Hall–Kier alpha value is -1.83. The molecule has 1 saturated heterocycles. The van der Waals surface area contributed by atoms with E-state index in [1.807, 2.05) is 41.5 Å². The average molecular weight is 433 g/mol. The Morgan fingerprint density at radius 2 is 1.69 bits per heavy atom. The summed E-state index contributed by atoms with van der Waals surface area (Å²) < 4.78 is 27.6. The lowest BCUT2D eigenvalue weighted by atomic mass is 10.2. The molecule has 0 saturated carbocycles. The highest BCUT2D eigenvalue weighted by molar-refractivity contribution is 7.98. The van der Waals surface area contributed by atoms with Crippen LogP contribution in [0.15, 0.2) is 58.3 Å². The van der Waals surface area contributed by atoms with E-state index in [0.717, 1.165) is 49.2 Å². The van der Waals surface area contributed by atoms with Crippen LogP contribution in [-0.4, -0.2) is 49.9 Å². The number of hydrogen-bond acceptors (Lipinski definition) is 4. The molecule has 2 aromatic carbocycles. The van der Waals surface area contributed by atoms with Gasteiger partial charge in [0, 0.05) is 31.6 Å². The zero-order valence-corrected chi connectivity index (χ0v) is 18.6. The maximum absolute atomic E-state index is 13.2. The third-order valence-electron chi connectivity index (χ3n) is 5.25. The maximum Gasteiger partial charge on any atom is 0.255 e. The van der Waals surface area contributed by atoms with Gasteiger partial charge in [0.15, 0.2) is 0 Å². The lowest BCUT2D eigenvalue weighted by molar-refractivity contribution is 0.0758. The van der Waals surface area contributed by atoms with Gasteiger partial charge in [0.2, 0.25) is 10.0 Å². The highest BCUT2D eigenvalue weighted by atomic mass is 32.2. The minimum atomic E-state index is -3.70. The summed E-state index contributed by atoms with van der Waals surface area (Å²) in [5.41, 5.74) is 1.40. The number of thioether (sulfide) groups is 1. The number of rotatable bonds is 6. The maximum atomic E-state index is 13.2. The van der Waals surface area contributed by atoms with Crippen molar-refractivity contribution in [3.8, 4) is 0 Å². The molecule has 0 N–H and O–H groups in total. The van der Waals surface area contributed by atoms with E-state index in [2.05, 4.69) is 0 Å². The normalized spacial score (nSPS) is 15.3. The Morgan fingerprint density at radius 1 is 1.03 bits per heavy atom. The second kappa shape index (κ2) is 9.78. The first-order valence-corrected chi connectivity index (χ1v) is 12.6. The van der Waals surface area contributed by atoms with Crippen LogP contribution in [0.1, 0.15) is 41.6 Å². The third-order valence-corrected chi connectivity index (χ3v) is 7.85. The van der Waals surface area contributed by atoms with Gasteiger partial charge in [0.1, 0.15) is 0 Å². The van der Waals surface area contributed by atoms with Crippen LogP contribution in [0.25, 0.3) is 0 Å². The minimum absolute atomic E-state index is 0.0704. The minimum Gasteiger partial charge on any atom is -0.339 e. The Labute approximate surface area is 178 Å². The molecular formula is C22H28N2O3S2. The van der Waals surface area contributed by atoms with Crippen LogP contribution in [0, 0.1) is 0 Å². The van der Waals surface area contributed by atoms with Gasteiger partial charge in [-0.15, -0.1) is 11.8 Å². The van der Waals surface area contributed by atoms with Crippen LogP contribution >= 0.6 is 11.8 Å². The average Bonchev–Trinajstić information content (AvgIpc) is 3.03. The van der Waals surface area contributed by atoms with E-state index < -0.39 is 10.0 Å². The molecule has 5 nitrogen and oxygen atoms in total. The van der Waals surface area contributed by atoms with E-state index in [9.17, 15) is 13.2 Å². The predicted octanol–water partition coefficient (Wildman–Crippen LogP) is 4.25. The van der Waals surface area contributed by atoms with Crippen molar-refractivity contribution in [1.29, 1.82) is 0 Å². The standard InChI is InChI=1S/C22H28N2O3S2/c1-23(17-18-10-6-5-7-11-18)29(26,27)19-12-13-21(28-2)20(16-19)22(25)24-14-8-3-4-9-15-24/h5-7,10-13,16H,3-4,8-9,14-15,17H2,1-2H3. The summed E-state index contributed by atoms with van der Waals surface area (Å²) in [6.07, 6.45) is 6.18. The molecule has 0 aliphatic carbocycles. The molecule has 1 aliphatic heterocycles.